The number of rotatable bonds is 1. The van der Waals surface area contributed by atoms with E-state index in [1.54, 1.807) is 0 Å². The van der Waals surface area contributed by atoms with Crippen LogP contribution in [-0.2, 0) is 0 Å². The Morgan fingerprint density at radius 3 is 2.92 bits per heavy atom. The van der Waals surface area contributed by atoms with Gasteiger partial charge in [0.1, 0.15) is 5.52 Å². The molecule has 0 aliphatic carbocycles. The third kappa shape index (κ3) is 1.42. The summed E-state index contributed by atoms with van der Waals surface area (Å²) >= 11 is 0. The predicted octanol–water partition coefficient (Wildman–Crippen LogP) is 2.16. The molecule has 68 valence electrons. The third-order valence-electron chi connectivity index (χ3n) is 1.95. The SMILES string of the molecule is Cc1ccc2oc([C@H](C)N)nc2c1. The molecule has 2 rings (SSSR count). The van der Waals surface area contributed by atoms with Gasteiger partial charge < -0.3 is 10.2 Å². The van der Waals surface area contributed by atoms with Gasteiger partial charge in [0.15, 0.2) is 5.58 Å². The standard InChI is InChI=1S/C10H12N2O/c1-6-3-4-9-8(5-6)12-10(13-9)7(2)11/h3-5,7H,11H2,1-2H3/t7-/m0/s1. The molecule has 0 saturated carbocycles. The Bertz CT molecular complexity index is 431. The summed E-state index contributed by atoms with van der Waals surface area (Å²) in [6.45, 7) is 3.89. The van der Waals surface area contributed by atoms with Gasteiger partial charge >= 0.3 is 0 Å². The van der Waals surface area contributed by atoms with Gasteiger partial charge in [0.2, 0.25) is 5.89 Å². The summed E-state index contributed by atoms with van der Waals surface area (Å²) in [4.78, 5) is 4.28. The molecule has 1 atom stereocenters. The number of hydrogen-bond donors (Lipinski definition) is 1. The van der Waals surface area contributed by atoms with Gasteiger partial charge in [0.25, 0.3) is 0 Å². The Labute approximate surface area is 76.6 Å². The Morgan fingerprint density at radius 2 is 2.23 bits per heavy atom. The zero-order valence-corrected chi connectivity index (χ0v) is 7.74. The highest BCUT2D eigenvalue weighted by molar-refractivity contribution is 5.73. The topological polar surface area (TPSA) is 52.0 Å². The molecule has 0 fully saturated rings. The summed E-state index contributed by atoms with van der Waals surface area (Å²) < 4.78 is 5.45. The fraction of sp³-hybridized carbons (Fsp3) is 0.300. The molecule has 0 aliphatic rings. The van der Waals surface area contributed by atoms with E-state index < -0.39 is 0 Å². The summed E-state index contributed by atoms with van der Waals surface area (Å²) in [6, 6.07) is 5.76. The number of benzene rings is 1. The minimum Gasteiger partial charge on any atom is -0.439 e. The van der Waals surface area contributed by atoms with Crippen LogP contribution in [0.4, 0.5) is 0 Å². The average molecular weight is 176 g/mol. The highest BCUT2D eigenvalue weighted by Gasteiger charge is 2.08. The Balaban J connectivity index is 2.62. The molecule has 3 heteroatoms. The second-order valence-electron chi connectivity index (χ2n) is 3.31. The van der Waals surface area contributed by atoms with Crippen LogP contribution in [0.25, 0.3) is 11.1 Å². The van der Waals surface area contributed by atoms with Crippen LogP contribution in [0, 0.1) is 6.92 Å². The highest BCUT2D eigenvalue weighted by Crippen LogP contribution is 2.19. The van der Waals surface area contributed by atoms with Crippen molar-refractivity contribution in [1.82, 2.24) is 4.98 Å². The lowest BCUT2D eigenvalue weighted by molar-refractivity contribution is 0.493. The Hall–Kier alpha value is -1.35. The van der Waals surface area contributed by atoms with E-state index in [0.29, 0.717) is 5.89 Å². The van der Waals surface area contributed by atoms with Crippen LogP contribution < -0.4 is 5.73 Å². The molecule has 0 aliphatic heterocycles. The molecule has 0 radical (unpaired) electrons. The van der Waals surface area contributed by atoms with Gasteiger partial charge in [-0.05, 0) is 31.5 Å². The Morgan fingerprint density at radius 1 is 1.46 bits per heavy atom. The van der Waals surface area contributed by atoms with Gasteiger partial charge in [-0.25, -0.2) is 4.98 Å². The fourth-order valence-corrected chi connectivity index (χ4v) is 1.25. The largest absolute Gasteiger partial charge is 0.439 e. The lowest BCUT2D eigenvalue weighted by Crippen LogP contribution is -2.04. The van der Waals surface area contributed by atoms with Crippen molar-refractivity contribution in [3.8, 4) is 0 Å². The normalized spacial score (nSPS) is 13.5. The second-order valence-corrected chi connectivity index (χ2v) is 3.31. The second kappa shape index (κ2) is 2.85. The van der Waals surface area contributed by atoms with Gasteiger partial charge in [-0.3, -0.25) is 0 Å². The first-order valence-corrected chi connectivity index (χ1v) is 4.29. The zero-order chi connectivity index (χ0) is 9.42. The van der Waals surface area contributed by atoms with E-state index in [2.05, 4.69) is 4.98 Å². The van der Waals surface area contributed by atoms with Gasteiger partial charge in [0.05, 0.1) is 6.04 Å². The smallest absolute Gasteiger partial charge is 0.212 e. The van der Waals surface area contributed by atoms with Crippen LogP contribution >= 0.6 is 0 Å². The van der Waals surface area contributed by atoms with E-state index >= 15 is 0 Å². The van der Waals surface area contributed by atoms with E-state index in [4.69, 9.17) is 10.2 Å². The summed E-state index contributed by atoms with van der Waals surface area (Å²) in [6.07, 6.45) is 0. The van der Waals surface area contributed by atoms with Crippen molar-refractivity contribution in [2.75, 3.05) is 0 Å². The quantitative estimate of drug-likeness (QED) is 0.724. The minimum atomic E-state index is -0.146. The summed E-state index contributed by atoms with van der Waals surface area (Å²) in [5.41, 5.74) is 8.52. The first kappa shape index (κ1) is 8.26. The number of aryl methyl sites for hydroxylation is 1. The van der Waals surface area contributed by atoms with Crippen LogP contribution in [0.1, 0.15) is 24.4 Å². The maximum absolute atomic E-state index is 5.66. The van der Waals surface area contributed by atoms with Crippen molar-refractivity contribution in [1.29, 1.82) is 0 Å². The molecule has 0 unspecified atom stereocenters. The molecule has 0 saturated heterocycles. The van der Waals surface area contributed by atoms with Crippen molar-refractivity contribution in [2.24, 2.45) is 5.73 Å². The summed E-state index contributed by atoms with van der Waals surface area (Å²) in [7, 11) is 0. The monoisotopic (exact) mass is 176 g/mol. The maximum Gasteiger partial charge on any atom is 0.212 e. The molecule has 13 heavy (non-hydrogen) atoms. The van der Waals surface area contributed by atoms with Crippen LogP contribution in [0.3, 0.4) is 0 Å². The lowest BCUT2D eigenvalue weighted by atomic mass is 10.2. The van der Waals surface area contributed by atoms with Crippen LogP contribution in [0.2, 0.25) is 0 Å². The van der Waals surface area contributed by atoms with Gasteiger partial charge in [-0.2, -0.15) is 0 Å². The van der Waals surface area contributed by atoms with E-state index in [-0.39, 0.29) is 6.04 Å². The molecule has 3 nitrogen and oxygen atoms in total. The fourth-order valence-electron chi connectivity index (χ4n) is 1.25. The molecule has 1 aromatic carbocycles. The number of hydrogen-bond acceptors (Lipinski definition) is 3. The van der Waals surface area contributed by atoms with E-state index in [0.717, 1.165) is 11.1 Å². The number of oxazole rings is 1. The van der Waals surface area contributed by atoms with E-state index in [1.807, 2.05) is 32.0 Å². The first-order chi connectivity index (χ1) is 6.16. The van der Waals surface area contributed by atoms with Crippen molar-refractivity contribution in [3.63, 3.8) is 0 Å². The molecule has 2 aromatic rings. The van der Waals surface area contributed by atoms with Crippen molar-refractivity contribution >= 4 is 11.1 Å². The molecule has 0 bridgehead atoms. The molecular weight excluding hydrogens is 164 g/mol. The first-order valence-electron chi connectivity index (χ1n) is 4.29. The van der Waals surface area contributed by atoms with Crippen LogP contribution in [-0.4, -0.2) is 4.98 Å². The molecule has 1 heterocycles. The van der Waals surface area contributed by atoms with Gasteiger partial charge in [-0.15, -0.1) is 0 Å². The number of nitrogens with two attached hydrogens (primary N) is 1. The van der Waals surface area contributed by atoms with Crippen LogP contribution in [0.15, 0.2) is 22.6 Å². The number of fused-ring (bicyclic) bond motifs is 1. The third-order valence-corrected chi connectivity index (χ3v) is 1.95. The highest BCUT2D eigenvalue weighted by atomic mass is 16.3. The van der Waals surface area contributed by atoms with Crippen molar-refractivity contribution in [3.05, 3.63) is 29.7 Å². The molecule has 2 N–H and O–H groups in total. The lowest BCUT2D eigenvalue weighted by Gasteiger charge is -1.94. The number of aromatic nitrogens is 1. The average Bonchev–Trinajstić information content (AvgIpc) is 2.46. The van der Waals surface area contributed by atoms with Crippen molar-refractivity contribution in [2.45, 2.75) is 19.9 Å². The van der Waals surface area contributed by atoms with E-state index in [9.17, 15) is 0 Å². The predicted molar refractivity (Wildman–Crippen MR) is 51.3 cm³/mol. The summed E-state index contributed by atoms with van der Waals surface area (Å²) in [5.74, 6) is 0.598. The van der Waals surface area contributed by atoms with Crippen molar-refractivity contribution < 1.29 is 4.42 Å². The molecular formula is C10H12N2O. The minimum absolute atomic E-state index is 0.146. The van der Waals surface area contributed by atoms with Gasteiger partial charge in [0, 0.05) is 0 Å². The molecule has 1 aromatic heterocycles. The molecule has 0 amide bonds. The van der Waals surface area contributed by atoms with E-state index in [1.165, 1.54) is 5.56 Å². The maximum atomic E-state index is 5.66. The Kier molecular flexibility index (Phi) is 1.81. The zero-order valence-electron chi connectivity index (χ0n) is 7.74. The van der Waals surface area contributed by atoms with Gasteiger partial charge in [-0.1, -0.05) is 6.07 Å². The molecule has 0 spiro atoms. The number of nitrogens with zero attached hydrogens (tertiary/aromatic N) is 1. The van der Waals surface area contributed by atoms with Crippen LogP contribution in [0.5, 0.6) is 0 Å². The summed E-state index contributed by atoms with van der Waals surface area (Å²) in [5, 5.41) is 0.